The van der Waals surface area contributed by atoms with Gasteiger partial charge in [-0.15, -0.1) is 0 Å². The summed E-state index contributed by atoms with van der Waals surface area (Å²) in [6.07, 6.45) is 0. The molecule has 0 fully saturated rings. The van der Waals surface area contributed by atoms with Gasteiger partial charge in [0.15, 0.2) is 0 Å². The molecule has 1 amide bonds. The highest BCUT2D eigenvalue weighted by Gasteiger charge is 2.47. The molecule has 16 heavy (non-hydrogen) atoms. The van der Waals surface area contributed by atoms with Gasteiger partial charge in [-0.05, 0) is 26.0 Å². The van der Waals surface area contributed by atoms with Crippen molar-refractivity contribution in [2.45, 2.75) is 38.6 Å². The van der Waals surface area contributed by atoms with Gasteiger partial charge >= 0.3 is 0 Å². The van der Waals surface area contributed by atoms with Crippen molar-refractivity contribution in [1.29, 1.82) is 0 Å². The van der Waals surface area contributed by atoms with Crippen LogP contribution in [-0.2, 0) is 5.41 Å². The fourth-order valence-electron chi connectivity index (χ4n) is 2.17. The van der Waals surface area contributed by atoms with Crippen molar-refractivity contribution in [3.63, 3.8) is 0 Å². The van der Waals surface area contributed by atoms with Crippen LogP contribution in [0.3, 0.4) is 0 Å². The van der Waals surface area contributed by atoms with Crippen LogP contribution in [0.5, 0.6) is 0 Å². The second-order valence-corrected chi connectivity index (χ2v) is 5.37. The van der Waals surface area contributed by atoms with Crippen LogP contribution in [0.1, 0.15) is 43.6 Å². The maximum atomic E-state index is 13.9. The first-order valence-electron chi connectivity index (χ1n) is 5.39. The number of amides is 1. The monoisotopic (exact) mass is 221 g/mol. The van der Waals surface area contributed by atoms with Gasteiger partial charge in [-0.1, -0.05) is 19.9 Å². The molecule has 0 spiro atoms. The molecule has 0 atom stereocenters. The van der Waals surface area contributed by atoms with E-state index < -0.39 is 11.0 Å². The Bertz CT molecular complexity index is 463. The molecule has 2 nitrogen and oxygen atoms in total. The molecule has 1 heterocycles. The lowest BCUT2D eigenvalue weighted by Gasteiger charge is -2.47. The van der Waals surface area contributed by atoms with E-state index >= 15 is 0 Å². The third-order valence-corrected chi connectivity index (χ3v) is 3.87. The van der Waals surface area contributed by atoms with E-state index in [2.05, 4.69) is 5.32 Å². The zero-order chi connectivity index (χ0) is 12.1. The molecule has 0 bridgehead atoms. The summed E-state index contributed by atoms with van der Waals surface area (Å²) in [5.74, 6) is -0.496. The lowest BCUT2D eigenvalue weighted by atomic mass is 9.65. The normalized spacial score (nSPS) is 21.2. The van der Waals surface area contributed by atoms with E-state index in [9.17, 15) is 9.18 Å². The van der Waals surface area contributed by atoms with Crippen LogP contribution in [0.4, 0.5) is 4.39 Å². The van der Waals surface area contributed by atoms with Gasteiger partial charge in [0.1, 0.15) is 5.82 Å². The second-order valence-electron chi connectivity index (χ2n) is 5.37. The first-order valence-corrected chi connectivity index (χ1v) is 5.39. The van der Waals surface area contributed by atoms with Crippen LogP contribution < -0.4 is 5.32 Å². The molecule has 2 rings (SSSR count). The fourth-order valence-corrected chi connectivity index (χ4v) is 2.17. The third kappa shape index (κ3) is 1.27. The smallest absolute Gasteiger partial charge is 0.252 e. The quantitative estimate of drug-likeness (QED) is 0.717. The van der Waals surface area contributed by atoms with Crippen LogP contribution in [0.2, 0.25) is 0 Å². The molecule has 1 aliphatic rings. The Morgan fingerprint density at radius 3 is 2.44 bits per heavy atom. The van der Waals surface area contributed by atoms with Gasteiger partial charge in [0.25, 0.3) is 5.91 Å². The minimum Gasteiger partial charge on any atom is -0.346 e. The molecule has 0 radical (unpaired) electrons. The van der Waals surface area contributed by atoms with Gasteiger partial charge < -0.3 is 5.32 Å². The van der Waals surface area contributed by atoms with Crippen molar-refractivity contribution < 1.29 is 9.18 Å². The molecule has 1 aliphatic heterocycles. The van der Waals surface area contributed by atoms with E-state index in [1.54, 1.807) is 12.1 Å². The molecule has 1 N–H and O–H groups in total. The Morgan fingerprint density at radius 2 is 1.81 bits per heavy atom. The zero-order valence-electron chi connectivity index (χ0n) is 10.0. The first-order chi connectivity index (χ1) is 7.27. The second kappa shape index (κ2) is 3.06. The zero-order valence-corrected chi connectivity index (χ0v) is 10.0. The van der Waals surface area contributed by atoms with Crippen molar-refractivity contribution in [1.82, 2.24) is 5.32 Å². The van der Waals surface area contributed by atoms with Crippen molar-refractivity contribution >= 4 is 5.91 Å². The largest absolute Gasteiger partial charge is 0.346 e. The summed E-state index contributed by atoms with van der Waals surface area (Å²) in [4.78, 5) is 11.9. The van der Waals surface area contributed by atoms with Gasteiger partial charge in [-0.2, -0.15) is 0 Å². The Labute approximate surface area is 94.9 Å². The Kier molecular flexibility index (Phi) is 2.13. The van der Waals surface area contributed by atoms with Gasteiger partial charge in [0.05, 0.1) is 0 Å². The van der Waals surface area contributed by atoms with Gasteiger partial charge in [-0.3, -0.25) is 4.79 Å². The van der Waals surface area contributed by atoms with Crippen LogP contribution in [0.15, 0.2) is 18.2 Å². The minimum absolute atomic E-state index is 0.196. The Morgan fingerprint density at radius 1 is 1.19 bits per heavy atom. The summed E-state index contributed by atoms with van der Waals surface area (Å²) in [6, 6.07) is 4.65. The lowest BCUT2D eigenvalue weighted by molar-refractivity contribution is 0.0830. The van der Waals surface area contributed by atoms with E-state index in [1.807, 2.05) is 27.7 Å². The Hall–Kier alpha value is -1.38. The van der Waals surface area contributed by atoms with Crippen LogP contribution in [-0.4, -0.2) is 11.4 Å². The number of hydrogen-bond donors (Lipinski definition) is 1. The van der Waals surface area contributed by atoms with Crippen molar-refractivity contribution in [3.05, 3.63) is 35.1 Å². The molecular weight excluding hydrogens is 205 g/mol. The number of rotatable bonds is 0. The first kappa shape index (κ1) is 11.1. The summed E-state index contributed by atoms with van der Waals surface area (Å²) in [7, 11) is 0. The van der Waals surface area contributed by atoms with E-state index in [1.165, 1.54) is 6.07 Å². The molecule has 1 aromatic rings. The summed E-state index contributed by atoms with van der Waals surface area (Å²) in [5.41, 5.74) is 0.0778. The summed E-state index contributed by atoms with van der Waals surface area (Å²) >= 11 is 0. The number of hydrogen-bond acceptors (Lipinski definition) is 1. The molecule has 86 valence electrons. The molecule has 0 unspecified atom stereocenters. The average molecular weight is 221 g/mol. The molecule has 1 aromatic carbocycles. The van der Waals surface area contributed by atoms with Crippen LogP contribution >= 0.6 is 0 Å². The number of carbonyl (C=O) groups excluding carboxylic acids is 1. The molecular formula is C13H16FNO. The van der Waals surface area contributed by atoms with Crippen molar-refractivity contribution in [2.24, 2.45) is 0 Å². The summed E-state index contributed by atoms with van der Waals surface area (Å²) in [5, 5.41) is 2.92. The highest BCUT2D eigenvalue weighted by Crippen LogP contribution is 2.41. The molecule has 3 heteroatoms. The highest BCUT2D eigenvalue weighted by molar-refractivity contribution is 5.98. The van der Waals surface area contributed by atoms with Crippen molar-refractivity contribution in [3.8, 4) is 0 Å². The predicted molar refractivity (Wildman–Crippen MR) is 61.0 cm³/mol. The highest BCUT2D eigenvalue weighted by atomic mass is 19.1. The number of benzene rings is 1. The SMILES string of the molecule is CC1(C)NC(=O)c2cccc(F)c2C1(C)C. The third-order valence-electron chi connectivity index (χ3n) is 3.87. The summed E-state index contributed by atoms with van der Waals surface area (Å²) < 4.78 is 13.9. The van der Waals surface area contributed by atoms with Gasteiger partial charge in [0.2, 0.25) is 0 Å². The molecule has 0 saturated heterocycles. The van der Waals surface area contributed by atoms with E-state index in [0.717, 1.165) is 0 Å². The van der Waals surface area contributed by atoms with Crippen molar-refractivity contribution in [2.75, 3.05) is 0 Å². The minimum atomic E-state index is -0.459. The van der Waals surface area contributed by atoms with E-state index in [-0.39, 0.29) is 11.7 Å². The molecule has 0 saturated carbocycles. The standard InChI is InChI=1S/C13H16FNO/c1-12(2)10-8(6-5-7-9(10)14)11(16)15-13(12,3)4/h5-7H,1-4H3,(H,15,16). The average Bonchev–Trinajstić information content (AvgIpc) is 2.14. The van der Waals surface area contributed by atoms with Crippen LogP contribution in [0, 0.1) is 5.82 Å². The maximum absolute atomic E-state index is 13.9. The number of nitrogens with one attached hydrogen (secondary N) is 1. The Balaban J connectivity index is 2.76. The van der Waals surface area contributed by atoms with Gasteiger partial charge in [-0.25, -0.2) is 4.39 Å². The number of carbonyl (C=O) groups is 1. The molecule has 0 aromatic heterocycles. The summed E-state index contributed by atoms with van der Waals surface area (Å²) in [6.45, 7) is 7.74. The topological polar surface area (TPSA) is 29.1 Å². The fraction of sp³-hybridized carbons (Fsp3) is 0.462. The van der Waals surface area contributed by atoms with E-state index in [4.69, 9.17) is 0 Å². The van der Waals surface area contributed by atoms with Crippen LogP contribution in [0.25, 0.3) is 0 Å². The predicted octanol–water partition coefficient (Wildman–Crippen LogP) is 2.63. The lowest BCUT2D eigenvalue weighted by Crippen LogP contribution is -2.60. The van der Waals surface area contributed by atoms with E-state index in [0.29, 0.717) is 11.1 Å². The molecule has 0 aliphatic carbocycles. The van der Waals surface area contributed by atoms with Gasteiger partial charge in [0, 0.05) is 22.1 Å². The number of fused-ring (bicyclic) bond motifs is 1. The maximum Gasteiger partial charge on any atom is 0.252 e. The number of halogens is 1.